The van der Waals surface area contributed by atoms with E-state index in [-0.39, 0.29) is 17.8 Å². The summed E-state index contributed by atoms with van der Waals surface area (Å²) in [4.78, 5) is 19.7. The monoisotopic (exact) mass is 472 g/mol. The lowest BCUT2D eigenvalue weighted by atomic mass is 10.0. The Morgan fingerprint density at radius 2 is 1.83 bits per heavy atom. The van der Waals surface area contributed by atoms with Crippen LogP contribution in [0.25, 0.3) is 5.65 Å². The third-order valence-electron chi connectivity index (χ3n) is 6.47. The average molecular weight is 473 g/mol. The number of hydrogen-bond acceptors (Lipinski definition) is 4. The Kier molecular flexibility index (Phi) is 6.77. The van der Waals surface area contributed by atoms with Crippen molar-refractivity contribution in [1.82, 2.24) is 19.6 Å². The molecule has 0 radical (unpaired) electrons. The number of nitrogens with zero attached hydrogens (tertiary/aromatic N) is 3. The van der Waals surface area contributed by atoms with Gasteiger partial charge in [-0.1, -0.05) is 18.2 Å². The molecule has 1 aliphatic heterocycles. The van der Waals surface area contributed by atoms with Gasteiger partial charge in [0.2, 0.25) is 0 Å². The number of rotatable bonds is 7. The Morgan fingerprint density at radius 1 is 1.09 bits per heavy atom. The number of piperidine rings is 1. The molecule has 1 aliphatic rings. The largest absolute Gasteiger partial charge is 0.487 e. The van der Waals surface area contributed by atoms with Crippen molar-refractivity contribution in [2.24, 2.45) is 0 Å². The summed E-state index contributed by atoms with van der Waals surface area (Å²) in [7, 11) is 0. The highest BCUT2D eigenvalue weighted by molar-refractivity contribution is 5.94. The van der Waals surface area contributed by atoms with Crippen LogP contribution in [-0.2, 0) is 13.2 Å². The fourth-order valence-corrected chi connectivity index (χ4v) is 4.49. The summed E-state index contributed by atoms with van der Waals surface area (Å²) in [6.45, 7) is 5.00. The van der Waals surface area contributed by atoms with Crippen molar-refractivity contribution in [3.8, 4) is 5.75 Å². The quantitative estimate of drug-likeness (QED) is 0.422. The molecule has 1 amide bonds. The van der Waals surface area contributed by atoms with Crippen LogP contribution in [0.2, 0.25) is 0 Å². The minimum atomic E-state index is -0.211. The lowest BCUT2D eigenvalue weighted by Gasteiger charge is -2.32. The lowest BCUT2D eigenvalue weighted by molar-refractivity contribution is 0.0909. The van der Waals surface area contributed by atoms with E-state index in [0.717, 1.165) is 54.9 Å². The normalized spacial score (nSPS) is 14.8. The number of pyridine rings is 1. The summed E-state index contributed by atoms with van der Waals surface area (Å²) in [5, 5.41) is 3.16. The van der Waals surface area contributed by atoms with Crippen LogP contribution in [0.15, 0.2) is 73.1 Å². The third-order valence-corrected chi connectivity index (χ3v) is 6.47. The molecule has 4 aromatic rings. The fraction of sp³-hybridized carbons (Fsp3) is 0.286. The second-order valence-corrected chi connectivity index (χ2v) is 9.12. The van der Waals surface area contributed by atoms with E-state index in [9.17, 15) is 9.18 Å². The van der Waals surface area contributed by atoms with Crippen molar-refractivity contribution in [3.05, 3.63) is 101 Å². The number of fused-ring (bicyclic) bond motifs is 1. The van der Waals surface area contributed by atoms with Crippen LogP contribution in [0.1, 0.15) is 40.0 Å². The zero-order valence-electron chi connectivity index (χ0n) is 19.8. The molecule has 1 saturated heterocycles. The van der Waals surface area contributed by atoms with Gasteiger partial charge in [-0.05, 0) is 73.4 Å². The number of amides is 1. The van der Waals surface area contributed by atoms with Crippen LogP contribution < -0.4 is 10.1 Å². The summed E-state index contributed by atoms with van der Waals surface area (Å²) < 4.78 is 21.0. The molecule has 0 unspecified atom stereocenters. The zero-order chi connectivity index (χ0) is 24.2. The van der Waals surface area contributed by atoms with Gasteiger partial charge in [-0.2, -0.15) is 0 Å². The van der Waals surface area contributed by atoms with Gasteiger partial charge in [-0.15, -0.1) is 0 Å². The predicted octanol–water partition coefficient (Wildman–Crippen LogP) is 4.76. The molecule has 0 aliphatic carbocycles. The van der Waals surface area contributed by atoms with Gasteiger partial charge in [0.1, 0.15) is 23.8 Å². The summed E-state index contributed by atoms with van der Waals surface area (Å²) in [6, 6.07) is 18.1. The highest BCUT2D eigenvalue weighted by Crippen LogP contribution is 2.18. The van der Waals surface area contributed by atoms with Crippen LogP contribution in [0.4, 0.5) is 4.39 Å². The van der Waals surface area contributed by atoms with Crippen molar-refractivity contribution in [2.75, 3.05) is 13.1 Å². The van der Waals surface area contributed by atoms with E-state index in [1.54, 1.807) is 12.1 Å². The Hall–Kier alpha value is -3.71. The van der Waals surface area contributed by atoms with Crippen molar-refractivity contribution < 1.29 is 13.9 Å². The van der Waals surface area contributed by atoms with E-state index in [1.165, 1.54) is 12.1 Å². The summed E-state index contributed by atoms with van der Waals surface area (Å²) in [5.74, 6) is 0.422. The first kappa shape index (κ1) is 23.1. The maximum atomic E-state index is 13.1. The topological polar surface area (TPSA) is 58.9 Å². The first-order chi connectivity index (χ1) is 17.0. The maximum absolute atomic E-state index is 13.1. The smallest absolute Gasteiger partial charge is 0.251 e. The van der Waals surface area contributed by atoms with Crippen LogP contribution in [-0.4, -0.2) is 39.3 Å². The van der Waals surface area contributed by atoms with Crippen molar-refractivity contribution in [2.45, 2.75) is 39.0 Å². The van der Waals surface area contributed by atoms with Gasteiger partial charge in [0.25, 0.3) is 5.91 Å². The van der Waals surface area contributed by atoms with E-state index >= 15 is 0 Å². The molecular formula is C28H29FN4O2. The molecule has 0 atom stereocenters. The van der Waals surface area contributed by atoms with E-state index in [2.05, 4.69) is 15.2 Å². The highest BCUT2D eigenvalue weighted by atomic mass is 19.1. The standard InChI is InChI=1S/C28H29FN4O2/c1-20-3-2-14-33-18-25(30-27(20)33)19-35-26-10-6-22(7-11-26)28(34)31-24-12-15-32(16-13-24)17-21-4-8-23(29)9-5-21/h2-11,14,18,24H,12-13,15-17,19H2,1H3,(H,31,34). The van der Waals surface area contributed by atoms with Gasteiger partial charge in [-0.25, -0.2) is 9.37 Å². The highest BCUT2D eigenvalue weighted by Gasteiger charge is 2.21. The van der Waals surface area contributed by atoms with Gasteiger partial charge < -0.3 is 14.5 Å². The van der Waals surface area contributed by atoms with E-state index < -0.39 is 0 Å². The molecule has 3 heterocycles. The van der Waals surface area contributed by atoms with Gasteiger partial charge in [0, 0.05) is 43.6 Å². The number of halogens is 1. The predicted molar refractivity (Wildman–Crippen MR) is 133 cm³/mol. The number of aromatic nitrogens is 2. The molecular weight excluding hydrogens is 443 g/mol. The first-order valence-corrected chi connectivity index (χ1v) is 12.0. The van der Waals surface area contributed by atoms with E-state index in [0.29, 0.717) is 17.9 Å². The minimum Gasteiger partial charge on any atom is -0.487 e. The first-order valence-electron chi connectivity index (χ1n) is 12.0. The number of aryl methyl sites for hydroxylation is 1. The van der Waals surface area contributed by atoms with Crippen molar-refractivity contribution in [3.63, 3.8) is 0 Å². The van der Waals surface area contributed by atoms with Gasteiger partial charge in [0.15, 0.2) is 0 Å². The minimum absolute atomic E-state index is 0.0654. The van der Waals surface area contributed by atoms with Gasteiger partial charge in [0.05, 0.1) is 5.69 Å². The maximum Gasteiger partial charge on any atom is 0.251 e. The molecule has 180 valence electrons. The van der Waals surface area contributed by atoms with Crippen LogP contribution in [0, 0.1) is 12.7 Å². The Morgan fingerprint density at radius 3 is 2.54 bits per heavy atom. The number of ether oxygens (including phenoxy) is 1. The molecule has 7 heteroatoms. The lowest BCUT2D eigenvalue weighted by Crippen LogP contribution is -2.44. The summed E-state index contributed by atoms with van der Waals surface area (Å²) in [6.07, 6.45) is 5.73. The molecule has 6 nitrogen and oxygen atoms in total. The second kappa shape index (κ2) is 10.3. The van der Waals surface area contributed by atoms with Crippen LogP contribution >= 0.6 is 0 Å². The third kappa shape index (κ3) is 5.69. The van der Waals surface area contributed by atoms with Gasteiger partial charge in [-0.3, -0.25) is 9.69 Å². The molecule has 0 spiro atoms. The number of carbonyl (C=O) groups excluding carboxylic acids is 1. The van der Waals surface area contributed by atoms with Crippen LogP contribution in [0.5, 0.6) is 5.75 Å². The summed E-state index contributed by atoms with van der Waals surface area (Å²) in [5.41, 5.74) is 4.63. The summed E-state index contributed by atoms with van der Waals surface area (Å²) >= 11 is 0. The number of benzene rings is 2. The Bertz CT molecular complexity index is 1290. The molecule has 35 heavy (non-hydrogen) atoms. The molecule has 2 aromatic heterocycles. The van der Waals surface area contributed by atoms with Crippen molar-refractivity contribution in [1.29, 1.82) is 0 Å². The molecule has 5 rings (SSSR count). The molecule has 1 fully saturated rings. The number of carbonyl (C=O) groups is 1. The molecule has 0 bridgehead atoms. The van der Waals surface area contributed by atoms with Gasteiger partial charge >= 0.3 is 0 Å². The zero-order valence-corrected chi connectivity index (χ0v) is 19.8. The molecule has 0 saturated carbocycles. The Balaban J connectivity index is 1.09. The average Bonchev–Trinajstić information content (AvgIpc) is 3.30. The number of likely N-dealkylation sites (tertiary alicyclic amines) is 1. The number of imidazole rings is 1. The number of nitrogens with one attached hydrogen (secondary N) is 1. The Labute approximate surface area is 204 Å². The fourth-order valence-electron chi connectivity index (χ4n) is 4.49. The van der Waals surface area contributed by atoms with E-state index in [4.69, 9.17) is 4.74 Å². The molecule has 1 N–H and O–H groups in total. The van der Waals surface area contributed by atoms with Crippen LogP contribution in [0.3, 0.4) is 0 Å². The second-order valence-electron chi connectivity index (χ2n) is 9.12. The van der Waals surface area contributed by atoms with Crippen molar-refractivity contribution >= 4 is 11.6 Å². The number of hydrogen-bond donors (Lipinski definition) is 1. The molecule has 2 aromatic carbocycles. The SMILES string of the molecule is Cc1cccn2cc(COc3ccc(C(=O)NC4CCN(Cc5ccc(F)cc5)CC4)cc3)nc12. The van der Waals surface area contributed by atoms with E-state index in [1.807, 2.05) is 60.1 Å².